The highest BCUT2D eigenvalue weighted by Gasteiger charge is 2.46. The minimum absolute atomic E-state index is 0.257. The summed E-state index contributed by atoms with van der Waals surface area (Å²) in [6.07, 6.45) is 6.60. The summed E-state index contributed by atoms with van der Waals surface area (Å²) in [4.78, 5) is 6.57. The molecule has 3 aliphatic rings. The second-order valence-electron chi connectivity index (χ2n) is 10.1. The fraction of sp³-hybridized carbons (Fsp3) is 0.520. The van der Waals surface area contributed by atoms with Gasteiger partial charge in [-0.2, -0.15) is 5.10 Å². The Morgan fingerprint density at radius 1 is 1.12 bits per heavy atom. The quantitative estimate of drug-likeness (QED) is 0.569. The average Bonchev–Trinajstić information content (AvgIpc) is 3.45. The van der Waals surface area contributed by atoms with Crippen LogP contribution in [0.25, 0.3) is 22.2 Å². The summed E-state index contributed by atoms with van der Waals surface area (Å²) in [5, 5.41) is 9.33. The molecule has 6 nitrogen and oxygen atoms in total. The molecular formula is C25H29ClN4O2S. The zero-order chi connectivity index (χ0) is 22.7. The van der Waals surface area contributed by atoms with E-state index in [4.69, 9.17) is 11.6 Å². The lowest BCUT2D eigenvalue weighted by Crippen LogP contribution is -2.43. The molecule has 1 aliphatic carbocycles. The van der Waals surface area contributed by atoms with Crippen molar-refractivity contribution in [1.82, 2.24) is 20.1 Å². The maximum absolute atomic E-state index is 12.6. The van der Waals surface area contributed by atoms with Crippen LogP contribution in [0.3, 0.4) is 0 Å². The number of hydrogen-bond donors (Lipinski definition) is 1. The van der Waals surface area contributed by atoms with Crippen molar-refractivity contribution >= 4 is 32.3 Å². The van der Waals surface area contributed by atoms with E-state index in [1.807, 2.05) is 25.3 Å². The number of aromatic amines is 1. The van der Waals surface area contributed by atoms with E-state index < -0.39 is 9.84 Å². The Bertz CT molecular complexity index is 1310. The Labute approximate surface area is 199 Å². The number of hydrogen-bond acceptors (Lipinski definition) is 5. The molecule has 2 unspecified atom stereocenters. The van der Waals surface area contributed by atoms with Crippen LogP contribution in [0.4, 0.5) is 0 Å². The van der Waals surface area contributed by atoms with Gasteiger partial charge in [0, 0.05) is 41.0 Å². The third-order valence-electron chi connectivity index (χ3n) is 8.02. The third-order valence-corrected chi connectivity index (χ3v) is 10.6. The molecule has 0 spiro atoms. The number of rotatable bonds is 3. The summed E-state index contributed by atoms with van der Waals surface area (Å²) >= 11 is 6.76. The van der Waals surface area contributed by atoms with Gasteiger partial charge in [0.1, 0.15) is 11.1 Å². The van der Waals surface area contributed by atoms with Crippen LogP contribution in [0.15, 0.2) is 30.5 Å². The predicted molar refractivity (Wildman–Crippen MR) is 131 cm³/mol. The molecule has 4 atom stereocenters. The van der Waals surface area contributed by atoms with E-state index >= 15 is 0 Å². The highest BCUT2D eigenvalue weighted by atomic mass is 35.5. The summed E-state index contributed by atoms with van der Waals surface area (Å²) in [7, 11) is -2.97. The van der Waals surface area contributed by atoms with Crippen LogP contribution in [0.1, 0.15) is 49.3 Å². The van der Waals surface area contributed by atoms with Gasteiger partial charge in [0.2, 0.25) is 0 Å². The van der Waals surface area contributed by atoms with E-state index in [0.717, 1.165) is 78.1 Å². The predicted octanol–water partition coefficient (Wildman–Crippen LogP) is 4.94. The molecule has 4 heterocycles. The van der Waals surface area contributed by atoms with Crippen LogP contribution in [-0.2, 0) is 9.84 Å². The Morgan fingerprint density at radius 2 is 1.91 bits per heavy atom. The number of aryl methyl sites for hydroxylation is 1. The van der Waals surface area contributed by atoms with Gasteiger partial charge in [0.15, 0.2) is 9.84 Å². The van der Waals surface area contributed by atoms with Crippen molar-refractivity contribution in [3.05, 3.63) is 46.7 Å². The minimum atomic E-state index is -2.97. The monoisotopic (exact) mass is 484 g/mol. The molecule has 8 heteroatoms. The molecule has 2 aliphatic heterocycles. The molecule has 1 saturated carbocycles. The summed E-state index contributed by atoms with van der Waals surface area (Å²) in [6, 6.07) is 8.27. The molecule has 33 heavy (non-hydrogen) atoms. The van der Waals surface area contributed by atoms with Gasteiger partial charge >= 0.3 is 0 Å². The van der Waals surface area contributed by atoms with Gasteiger partial charge in [0.05, 0.1) is 11.3 Å². The molecule has 3 fully saturated rings. The number of pyridine rings is 1. The van der Waals surface area contributed by atoms with Crippen molar-refractivity contribution in [3.63, 3.8) is 0 Å². The Balaban J connectivity index is 1.25. The highest BCUT2D eigenvalue weighted by molar-refractivity contribution is 7.92. The zero-order valence-corrected chi connectivity index (χ0v) is 20.4. The molecule has 0 bridgehead atoms. The number of nitrogens with zero attached hydrogens (tertiary/aromatic N) is 3. The topological polar surface area (TPSA) is 79.0 Å². The number of likely N-dealkylation sites (tertiary alicyclic amines) is 1. The smallest absolute Gasteiger partial charge is 0.166 e. The number of sulfone groups is 1. The van der Waals surface area contributed by atoms with E-state index in [1.54, 1.807) is 0 Å². The van der Waals surface area contributed by atoms with Gasteiger partial charge in [-0.05, 0) is 86.6 Å². The summed E-state index contributed by atoms with van der Waals surface area (Å²) in [6.45, 7) is 3.79. The number of benzene rings is 1. The van der Waals surface area contributed by atoms with Crippen molar-refractivity contribution in [2.24, 2.45) is 11.8 Å². The summed E-state index contributed by atoms with van der Waals surface area (Å²) in [5.41, 5.74) is 5.09. The standard InChI is InChI=1S/C25H29ClN4O2S/c1-15-8-16(5-6-27-15)25-21-11-20(22(26)12-23(21)28-29-25)17-9-18-13-30(14-19(18)10-17)24-4-2-3-7-33(24,31)32/h5-6,8,11-12,17-19,24H,2-4,7,9-10,13-14H2,1H3,(H,28,29)/t17?,18-,19+,24?. The summed E-state index contributed by atoms with van der Waals surface area (Å²) in [5.74, 6) is 1.85. The van der Waals surface area contributed by atoms with Crippen LogP contribution in [-0.4, -0.2) is 52.7 Å². The van der Waals surface area contributed by atoms with Gasteiger partial charge in [-0.3, -0.25) is 15.0 Å². The van der Waals surface area contributed by atoms with Crippen molar-refractivity contribution < 1.29 is 8.42 Å². The van der Waals surface area contributed by atoms with Gasteiger partial charge in [-0.1, -0.05) is 11.6 Å². The SMILES string of the molecule is Cc1cc(-c2n[nH]c3cc(Cl)c(C4C[C@@H]5CN(C6CCCCS6(=O)=O)C[C@@H]5C4)cc23)ccn1. The molecule has 1 N–H and O–H groups in total. The van der Waals surface area contributed by atoms with Crippen LogP contribution in [0, 0.1) is 18.8 Å². The number of H-pyrrole nitrogens is 1. The average molecular weight is 485 g/mol. The number of nitrogens with one attached hydrogen (secondary N) is 1. The van der Waals surface area contributed by atoms with E-state index in [9.17, 15) is 8.42 Å². The van der Waals surface area contributed by atoms with Crippen molar-refractivity contribution in [2.45, 2.75) is 50.3 Å². The number of halogens is 1. The molecule has 6 rings (SSSR count). The first-order valence-electron chi connectivity index (χ1n) is 12.0. The molecule has 0 radical (unpaired) electrons. The first-order chi connectivity index (χ1) is 15.9. The maximum atomic E-state index is 12.6. The Morgan fingerprint density at radius 3 is 2.64 bits per heavy atom. The lowest BCUT2D eigenvalue weighted by atomic mass is 9.93. The van der Waals surface area contributed by atoms with E-state index in [0.29, 0.717) is 23.5 Å². The molecule has 2 saturated heterocycles. The third kappa shape index (κ3) is 3.78. The Kier molecular flexibility index (Phi) is 5.27. The second-order valence-corrected chi connectivity index (χ2v) is 12.8. The maximum Gasteiger partial charge on any atom is 0.166 e. The van der Waals surface area contributed by atoms with Gasteiger partial charge in [-0.15, -0.1) is 0 Å². The van der Waals surface area contributed by atoms with Gasteiger partial charge in [-0.25, -0.2) is 8.42 Å². The second kappa shape index (κ2) is 8.07. The molecule has 2 aromatic heterocycles. The van der Waals surface area contributed by atoms with E-state index in [2.05, 4.69) is 32.2 Å². The molecule has 174 valence electrons. The largest absolute Gasteiger partial charge is 0.287 e. The van der Waals surface area contributed by atoms with Crippen molar-refractivity contribution in [1.29, 1.82) is 0 Å². The Hall–Kier alpha value is -1.96. The zero-order valence-electron chi connectivity index (χ0n) is 18.8. The van der Waals surface area contributed by atoms with Gasteiger partial charge < -0.3 is 0 Å². The fourth-order valence-corrected chi connectivity index (χ4v) is 8.80. The van der Waals surface area contributed by atoms with E-state index in [-0.39, 0.29) is 5.37 Å². The van der Waals surface area contributed by atoms with Crippen LogP contribution >= 0.6 is 11.6 Å². The fourth-order valence-electron chi connectivity index (χ4n) is 6.45. The highest BCUT2D eigenvalue weighted by Crippen LogP contribution is 2.49. The van der Waals surface area contributed by atoms with Crippen molar-refractivity contribution in [2.75, 3.05) is 18.8 Å². The lowest BCUT2D eigenvalue weighted by Gasteiger charge is -2.31. The first-order valence-corrected chi connectivity index (χ1v) is 14.0. The lowest BCUT2D eigenvalue weighted by molar-refractivity contribution is 0.258. The number of fused-ring (bicyclic) bond motifs is 2. The first kappa shape index (κ1) is 21.6. The van der Waals surface area contributed by atoms with Crippen LogP contribution < -0.4 is 0 Å². The molecule has 0 amide bonds. The van der Waals surface area contributed by atoms with Crippen molar-refractivity contribution in [3.8, 4) is 11.3 Å². The molecular weight excluding hydrogens is 456 g/mol. The minimum Gasteiger partial charge on any atom is -0.287 e. The van der Waals surface area contributed by atoms with E-state index in [1.165, 1.54) is 5.56 Å². The van der Waals surface area contributed by atoms with Crippen LogP contribution in [0.2, 0.25) is 5.02 Å². The van der Waals surface area contributed by atoms with Gasteiger partial charge in [0.25, 0.3) is 0 Å². The molecule has 3 aromatic rings. The molecule has 1 aromatic carbocycles. The number of aromatic nitrogens is 3. The normalized spacial score (nSPS) is 29.5. The van der Waals surface area contributed by atoms with Crippen LogP contribution in [0.5, 0.6) is 0 Å². The summed E-state index contributed by atoms with van der Waals surface area (Å²) < 4.78 is 25.2.